The Kier molecular flexibility index (Phi) is 4.99. The van der Waals surface area contributed by atoms with E-state index in [0.29, 0.717) is 10.7 Å². The van der Waals surface area contributed by atoms with Gasteiger partial charge in [-0.15, -0.1) is 0 Å². The molecule has 1 N–H and O–H groups in total. The Labute approximate surface area is 155 Å². The Morgan fingerprint density at radius 1 is 0.880 bits per heavy atom. The monoisotopic (exact) mass is 393 g/mol. The van der Waals surface area contributed by atoms with Crippen LogP contribution in [0.15, 0.2) is 65.6 Å². The summed E-state index contributed by atoms with van der Waals surface area (Å²) in [6.45, 7) is 0. The van der Waals surface area contributed by atoms with Gasteiger partial charge in [-0.3, -0.25) is 4.79 Å². The van der Waals surface area contributed by atoms with E-state index in [4.69, 9.17) is 23.2 Å². The summed E-state index contributed by atoms with van der Waals surface area (Å²) in [6, 6.07) is 16.8. The number of fused-ring (bicyclic) bond motifs is 1. The third kappa shape index (κ3) is 4.12. The topological polar surface area (TPSA) is 63.2 Å². The zero-order valence-electron chi connectivity index (χ0n) is 12.9. The number of nitrogens with one attached hydrogen (secondary N) is 1. The van der Waals surface area contributed by atoms with Gasteiger partial charge in [-0.05, 0) is 41.1 Å². The molecule has 0 fully saturated rings. The number of amides is 1. The molecule has 0 aliphatic heterocycles. The average molecular weight is 394 g/mol. The van der Waals surface area contributed by atoms with E-state index in [1.54, 1.807) is 18.2 Å². The first-order valence-corrected chi connectivity index (χ1v) is 9.72. The highest BCUT2D eigenvalue weighted by Crippen LogP contribution is 2.25. The van der Waals surface area contributed by atoms with Crippen molar-refractivity contribution in [3.05, 3.63) is 70.7 Å². The maximum Gasteiger partial charge on any atom is 0.239 e. The number of anilines is 1. The van der Waals surface area contributed by atoms with Gasteiger partial charge in [0, 0.05) is 5.69 Å². The molecular formula is C18H13Cl2NO3S. The van der Waals surface area contributed by atoms with Gasteiger partial charge in [0.25, 0.3) is 0 Å². The van der Waals surface area contributed by atoms with Crippen LogP contribution in [0.2, 0.25) is 10.0 Å². The summed E-state index contributed by atoms with van der Waals surface area (Å²) >= 11 is 11.7. The SMILES string of the molecule is O=C(CS(=O)(=O)c1ccc2ccccc2c1)Nc1ccc(Cl)c(Cl)c1. The molecule has 0 unspecified atom stereocenters. The van der Waals surface area contributed by atoms with Crippen LogP contribution in [0.5, 0.6) is 0 Å². The van der Waals surface area contributed by atoms with Gasteiger partial charge in [0.2, 0.25) is 5.91 Å². The van der Waals surface area contributed by atoms with E-state index in [1.807, 2.05) is 24.3 Å². The first-order chi connectivity index (χ1) is 11.8. The Morgan fingerprint density at radius 3 is 2.32 bits per heavy atom. The molecular weight excluding hydrogens is 381 g/mol. The molecule has 0 aromatic heterocycles. The van der Waals surface area contributed by atoms with Crippen molar-refractivity contribution >= 4 is 55.4 Å². The molecule has 7 heteroatoms. The third-order valence-electron chi connectivity index (χ3n) is 3.60. The van der Waals surface area contributed by atoms with Crippen molar-refractivity contribution in [1.82, 2.24) is 0 Å². The van der Waals surface area contributed by atoms with Crippen molar-refractivity contribution in [1.29, 1.82) is 0 Å². The molecule has 0 spiro atoms. The lowest BCUT2D eigenvalue weighted by molar-refractivity contribution is -0.113. The van der Waals surface area contributed by atoms with E-state index in [-0.39, 0.29) is 9.92 Å². The van der Waals surface area contributed by atoms with E-state index in [0.717, 1.165) is 10.8 Å². The zero-order valence-corrected chi connectivity index (χ0v) is 15.2. The molecule has 0 saturated heterocycles. The van der Waals surface area contributed by atoms with Crippen LogP contribution in [-0.2, 0) is 14.6 Å². The van der Waals surface area contributed by atoms with Crippen LogP contribution in [0.4, 0.5) is 5.69 Å². The normalized spacial score (nSPS) is 11.4. The van der Waals surface area contributed by atoms with E-state index in [1.165, 1.54) is 18.2 Å². The Hall–Kier alpha value is -2.08. The molecule has 25 heavy (non-hydrogen) atoms. The third-order valence-corrected chi connectivity index (χ3v) is 5.96. The number of sulfone groups is 1. The van der Waals surface area contributed by atoms with Crippen molar-refractivity contribution in [2.45, 2.75) is 4.90 Å². The van der Waals surface area contributed by atoms with Gasteiger partial charge >= 0.3 is 0 Å². The predicted molar refractivity (Wildman–Crippen MR) is 101 cm³/mol. The van der Waals surface area contributed by atoms with Gasteiger partial charge in [0.15, 0.2) is 9.84 Å². The van der Waals surface area contributed by atoms with Crippen LogP contribution < -0.4 is 5.32 Å². The van der Waals surface area contributed by atoms with Gasteiger partial charge in [-0.25, -0.2) is 8.42 Å². The second-order valence-electron chi connectivity index (χ2n) is 5.45. The lowest BCUT2D eigenvalue weighted by Crippen LogP contribution is -2.23. The van der Waals surface area contributed by atoms with Crippen LogP contribution in [0.1, 0.15) is 0 Å². The molecule has 3 aromatic carbocycles. The van der Waals surface area contributed by atoms with Crippen molar-refractivity contribution < 1.29 is 13.2 Å². The fourth-order valence-corrected chi connectivity index (χ4v) is 3.85. The molecule has 3 aromatic rings. The fourth-order valence-electron chi connectivity index (χ4n) is 2.39. The summed E-state index contributed by atoms with van der Waals surface area (Å²) in [5, 5.41) is 4.87. The molecule has 128 valence electrons. The van der Waals surface area contributed by atoms with Gasteiger partial charge in [-0.1, -0.05) is 53.5 Å². The Morgan fingerprint density at radius 2 is 1.60 bits per heavy atom. The second-order valence-corrected chi connectivity index (χ2v) is 8.25. The predicted octanol–water partition coefficient (Wildman–Crippen LogP) is 4.56. The Balaban J connectivity index is 1.79. The highest BCUT2D eigenvalue weighted by atomic mass is 35.5. The number of carbonyl (C=O) groups is 1. The van der Waals surface area contributed by atoms with Crippen molar-refractivity contribution in [3.8, 4) is 0 Å². The average Bonchev–Trinajstić information content (AvgIpc) is 2.57. The molecule has 0 atom stereocenters. The van der Waals surface area contributed by atoms with E-state index in [9.17, 15) is 13.2 Å². The highest BCUT2D eigenvalue weighted by Gasteiger charge is 2.20. The molecule has 0 radical (unpaired) electrons. The number of hydrogen-bond donors (Lipinski definition) is 1. The van der Waals surface area contributed by atoms with E-state index in [2.05, 4.69) is 5.32 Å². The van der Waals surface area contributed by atoms with E-state index >= 15 is 0 Å². The molecule has 0 heterocycles. The summed E-state index contributed by atoms with van der Waals surface area (Å²) in [7, 11) is -3.76. The van der Waals surface area contributed by atoms with Gasteiger partial charge in [0.05, 0.1) is 14.9 Å². The molecule has 0 bridgehead atoms. The van der Waals surface area contributed by atoms with Gasteiger partial charge in [-0.2, -0.15) is 0 Å². The zero-order chi connectivity index (χ0) is 18.0. The standard InChI is InChI=1S/C18H13Cl2NO3S/c19-16-8-6-14(10-17(16)20)21-18(22)11-25(23,24)15-7-5-12-3-1-2-4-13(12)9-15/h1-10H,11H2,(H,21,22). The van der Waals surface area contributed by atoms with Crippen molar-refractivity contribution in [3.63, 3.8) is 0 Å². The summed E-state index contributed by atoms with van der Waals surface area (Å²) in [5.74, 6) is -1.31. The van der Waals surface area contributed by atoms with Gasteiger partial charge < -0.3 is 5.32 Å². The fraction of sp³-hybridized carbons (Fsp3) is 0.0556. The number of rotatable bonds is 4. The lowest BCUT2D eigenvalue weighted by Gasteiger charge is -2.08. The Bertz CT molecular complexity index is 1060. The maximum atomic E-state index is 12.5. The smallest absolute Gasteiger partial charge is 0.239 e. The molecule has 0 aliphatic rings. The number of carbonyl (C=O) groups excluding carboxylic acids is 1. The first-order valence-electron chi connectivity index (χ1n) is 7.32. The first kappa shape index (κ1) is 17.7. The number of hydrogen-bond acceptors (Lipinski definition) is 3. The maximum absolute atomic E-state index is 12.5. The molecule has 1 amide bonds. The summed E-state index contributed by atoms with van der Waals surface area (Å²) in [4.78, 5) is 12.2. The van der Waals surface area contributed by atoms with Crippen LogP contribution in [0.25, 0.3) is 10.8 Å². The van der Waals surface area contributed by atoms with Crippen molar-refractivity contribution in [2.75, 3.05) is 11.1 Å². The second kappa shape index (κ2) is 7.04. The largest absolute Gasteiger partial charge is 0.325 e. The van der Waals surface area contributed by atoms with Crippen LogP contribution in [0, 0.1) is 0 Å². The van der Waals surface area contributed by atoms with Crippen molar-refractivity contribution in [2.24, 2.45) is 0 Å². The van der Waals surface area contributed by atoms with E-state index < -0.39 is 21.5 Å². The minimum absolute atomic E-state index is 0.107. The quantitative estimate of drug-likeness (QED) is 0.706. The minimum atomic E-state index is -3.76. The molecule has 3 rings (SSSR count). The summed E-state index contributed by atoms with van der Waals surface area (Å²) in [5.41, 5.74) is 0.383. The van der Waals surface area contributed by atoms with Crippen LogP contribution in [0.3, 0.4) is 0 Å². The minimum Gasteiger partial charge on any atom is -0.325 e. The number of benzene rings is 3. The van der Waals surface area contributed by atoms with Gasteiger partial charge in [0.1, 0.15) is 5.75 Å². The van der Waals surface area contributed by atoms with Crippen LogP contribution >= 0.6 is 23.2 Å². The molecule has 0 saturated carbocycles. The highest BCUT2D eigenvalue weighted by molar-refractivity contribution is 7.92. The molecule has 4 nitrogen and oxygen atoms in total. The van der Waals surface area contributed by atoms with Crippen LogP contribution in [-0.4, -0.2) is 20.1 Å². The molecule has 0 aliphatic carbocycles. The lowest BCUT2D eigenvalue weighted by atomic mass is 10.1. The summed E-state index contributed by atoms with van der Waals surface area (Å²) in [6.07, 6.45) is 0. The number of halogens is 2. The summed E-state index contributed by atoms with van der Waals surface area (Å²) < 4.78 is 25.0.